The van der Waals surface area contributed by atoms with E-state index in [-0.39, 0.29) is 0 Å². The van der Waals surface area contributed by atoms with Crippen molar-refractivity contribution < 1.29 is 4.79 Å². The number of benzene rings is 1. The summed E-state index contributed by atoms with van der Waals surface area (Å²) in [4.78, 5) is 15.5. The van der Waals surface area contributed by atoms with Gasteiger partial charge in [-0.25, -0.2) is 4.98 Å². The highest BCUT2D eigenvalue weighted by Crippen LogP contribution is 2.21. The summed E-state index contributed by atoms with van der Waals surface area (Å²) in [5, 5.41) is 4.49. The molecule has 0 saturated carbocycles. The first-order chi connectivity index (χ1) is 9.11. The van der Waals surface area contributed by atoms with Gasteiger partial charge in [-0.1, -0.05) is 29.8 Å². The van der Waals surface area contributed by atoms with Crippen LogP contribution >= 0.6 is 0 Å². The third-order valence-corrected chi connectivity index (χ3v) is 3.29. The van der Waals surface area contributed by atoms with Gasteiger partial charge in [0.1, 0.15) is 5.69 Å². The summed E-state index contributed by atoms with van der Waals surface area (Å²) in [5.74, 6) is 1.47. The van der Waals surface area contributed by atoms with Crippen LogP contribution < -0.4 is 0 Å². The van der Waals surface area contributed by atoms with Gasteiger partial charge in [-0.2, -0.15) is 4.52 Å². The quantitative estimate of drug-likeness (QED) is 0.658. The number of rotatable bonds is 2. The Labute approximate surface area is 110 Å². The molecule has 0 spiro atoms. The van der Waals surface area contributed by atoms with Crippen LogP contribution in [0.3, 0.4) is 0 Å². The topological polar surface area (TPSA) is 52.2 Å². The molecule has 3 aromatic rings. The Morgan fingerprint density at radius 3 is 2.47 bits per heavy atom. The summed E-state index contributed by atoms with van der Waals surface area (Å²) < 4.78 is 3.49. The van der Waals surface area contributed by atoms with E-state index in [4.69, 9.17) is 0 Å². The number of hydrogen-bond acceptors (Lipinski definition) is 3. The number of hydrogen-bond donors (Lipinski definition) is 0. The van der Waals surface area contributed by atoms with Crippen LogP contribution in [-0.2, 0) is 7.05 Å². The van der Waals surface area contributed by atoms with Crippen molar-refractivity contribution in [1.29, 1.82) is 0 Å². The lowest BCUT2D eigenvalue weighted by molar-refractivity contribution is 0.111. The van der Waals surface area contributed by atoms with Crippen molar-refractivity contribution in [2.75, 3.05) is 0 Å². The van der Waals surface area contributed by atoms with Crippen molar-refractivity contribution in [3.63, 3.8) is 0 Å². The molecule has 19 heavy (non-hydrogen) atoms. The molecule has 0 fully saturated rings. The summed E-state index contributed by atoms with van der Waals surface area (Å²) in [6.07, 6.45) is 0.793. The molecular weight excluding hydrogens is 240 g/mol. The van der Waals surface area contributed by atoms with E-state index in [9.17, 15) is 4.79 Å². The van der Waals surface area contributed by atoms with Crippen LogP contribution in [0.4, 0.5) is 0 Å². The van der Waals surface area contributed by atoms with Gasteiger partial charge in [0.2, 0.25) is 5.78 Å². The molecular formula is C14H14N4O. The molecule has 0 aliphatic heterocycles. The summed E-state index contributed by atoms with van der Waals surface area (Å²) in [6.45, 7) is 3.85. The van der Waals surface area contributed by atoms with E-state index in [1.807, 2.05) is 49.7 Å². The van der Waals surface area contributed by atoms with E-state index in [1.165, 1.54) is 5.56 Å². The highest BCUT2D eigenvalue weighted by atomic mass is 16.1. The van der Waals surface area contributed by atoms with Gasteiger partial charge < -0.3 is 0 Å². The minimum atomic E-state index is 0.504. The van der Waals surface area contributed by atoms with E-state index in [2.05, 4.69) is 10.1 Å². The molecule has 3 rings (SSSR count). The Bertz CT molecular complexity index is 765. The molecule has 2 heterocycles. The fourth-order valence-corrected chi connectivity index (χ4v) is 2.18. The normalized spacial score (nSPS) is 11.1. The summed E-state index contributed by atoms with van der Waals surface area (Å²) in [7, 11) is 1.90. The molecule has 0 saturated heterocycles. The van der Waals surface area contributed by atoms with Crippen LogP contribution in [0.2, 0.25) is 0 Å². The number of imidazole rings is 1. The summed E-state index contributed by atoms with van der Waals surface area (Å²) >= 11 is 0. The van der Waals surface area contributed by atoms with Gasteiger partial charge in [-0.05, 0) is 13.8 Å². The highest BCUT2D eigenvalue weighted by Gasteiger charge is 2.16. The lowest BCUT2D eigenvalue weighted by Crippen LogP contribution is -1.94. The van der Waals surface area contributed by atoms with Crippen molar-refractivity contribution >= 4 is 12.1 Å². The Hall–Kier alpha value is -2.43. The predicted molar refractivity (Wildman–Crippen MR) is 72.3 cm³/mol. The zero-order valence-corrected chi connectivity index (χ0v) is 11.1. The second-order valence-electron chi connectivity index (χ2n) is 4.66. The first kappa shape index (κ1) is 11.6. The molecule has 96 valence electrons. The van der Waals surface area contributed by atoms with Gasteiger partial charge in [0.15, 0.2) is 12.1 Å². The van der Waals surface area contributed by atoms with Crippen molar-refractivity contribution in [1.82, 2.24) is 19.2 Å². The van der Waals surface area contributed by atoms with Gasteiger partial charge in [-0.3, -0.25) is 9.36 Å². The molecule has 0 aliphatic carbocycles. The highest BCUT2D eigenvalue weighted by molar-refractivity contribution is 5.76. The number of nitrogens with zero attached hydrogens (tertiary/aromatic N) is 4. The maximum absolute atomic E-state index is 11.1. The van der Waals surface area contributed by atoms with Crippen molar-refractivity contribution in [2.24, 2.45) is 7.05 Å². The molecule has 5 nitrogen and oxygen atoms in total. The number of carbonyl (C=O) groups is 1. The lowest BCUT2D eigenvalue weighted by atomic mass is 10.1. The minimum Gasteiger partial charge on any atom is -0.296 e. The molecule has 0 bridgehead atoms. The van der Waals surface area contributed by atoms with Crippen LogP contribution in [0.25, 0.3) is 17.2 Å². The second-order valence-corrected chi connectivity index (χ2v) is 4.66. The molecule has 0 aliphatic rings. The second kappa shape index (κ2) is 4.05. The molecule has 0 radical (unpaired) electrons. The third kappa shape index (κ3) is 1.66. The number of aryl methyl sites for hydroxylation is 3. The van der Waals surface area contributed by atoms with Gasteiger partial charge >= 0.3 is 0 Å². The number of aldehydes is 1. The molecule has 0 amide bonds. The van der Waals surface area contributed by atoms with Crippen molar-refractivity contribution in [2.45, 2.75) is 13.8 Å². The van der Waals surface area contributed by atoms with Gasteiger partial charge in [0, 0.05) is 12.6 Å². The third-order valence-electron chi connectivity index (χ3n) is 3.29. The average Bonchev–Trinajstić information content (AvgIpc) is 2.87. The zero-order chi connectivity index (χ0) is 13.6. The maximum Gasteiger partial charge on any atom is 0.233 e. The Kier molecular flexibility index (Phi) is 2.48. The van der Waals surface area contributed by atoms with Crippen LogP contribution in [0.15, 0.2) is 24.3 Å². The molecule has 5 heteroatoms. The van der Waals surface area contributed by atoms with Crippen LogP contribution in [-0.4, -0.2) is 25.5 Å². The minimum absolute atomic E-state index is 0.504. The van der Waals surface area contributed by atoms with E-state index < -0.39 is 0 Å². The van der Waals surface area contributed by atoms with Gasteiger partial charge in [0.05, 0.1) is 5.69 Å². The maximum atomic E-state index is 11.1. The Morgan fingerprint density at radius 2 is 1.84 bits per heavy atom. The van der Waals surface area contributed by atoms with Crippen LogP contribution in [0.1, 0.15) is 21.7 Å². The molecule has 0 atom stereocenters. The smallest absolute Gasteiger partial charge is 0.233 e. The zero-order valence-electron chi connectivity index (χ0n) is 11.1. The van der Waals surface area contributed by atoms with E-state index in [1.54, 1.807) is 4.52 Å². The predicted octanol–water partition coefficient (Wildman–Crippen LogP) is 2.16. The first-order valence-corrected chi connectivity index (χ1v) is 6.06. The average molecular weight is 254 g/mol. The van der Waals surface area contributed by atoms with E-state index in [0.29, 0.717) is 17.2 Å². The lowest BCUT2D eigenvalue weighted by Gasteiger charge is -2.01. The number of aromatic nitrogens is 4. The Morgan fingerprint density at radius 1 is 1.16 bits per heavy atom. The Balaban J connectivity index is 2.25. The summed E-state index contributed by atoms with van der Waals surface area (Å²) in [5.41, 5.74) is 3.41. The van der Waals surface area contributed by atoms with Crippen molar-refractivity contribution in [3.8, 4) is 11.4 Å². The monoisotopic (exact) mass is 254 g/mol. The fraction of sp³-hybridized carbons (Fsp3) is 0.214. The largest absolute Gasteiger partial charge is 0.296 e. The molecule has 1 aromatic carbocycles. The SMILES string of the molecule is Cc1ccc(-c2nn3c(C=O)c(C)nc3n2C)cc1. The molecule has 2 aromatic heterocycles. The van der Waals surface area contributed by atoms with Gasteiger partial charge in [0.25, 0.3) is 0 Å². The van der Waals surface area contributed by atoms with E-state index >= 15 is 0 Å². The fourth-order valence-electron chi connectivity index (χ4n) is 2.18. The number of fused-ring (bicyclic) bond motifs is 1. The molecule has 0 unspecified atom stereocenters. The standard InChI is InChI=1S/C14H14N4O/c1-9-4-6-11(7-5-9)13-16-18-12(8-19)10(2)15-14(18)17(13)3/h4-8H,1-3H3. The molecule has 0 N–H and O–H groups in total. The first-order valence-electron chi connectivity index (χ1n) is 6.06. The van der Waals surface area contributed by atoms with Crippen LogP contribution in [0, 0.1) is 13.8 Å². The summed E-state index contributed by atoms with van der Waals surface area (Å²) in [6, 6.07) is 8.12. The van der Waals surface area contributed by atoms with E-state index in [0.717, 1.165) is 17.7 Å². The van der Waals surface area contributed by atoms with Crippen LogP contribution in [0.5, 0.6) is 0 Å². The number of carbonyl (C=O) groups excluding carboxylic acids is 1. The van der Waals surface area contributed by atoms with Gasteiger partial charge in [-0.15, -0.1) is 5.10 Å². The van der Waals surface area contributed by atoms with Crippen molar-refractivity contribution in [3.05, 3.63) is 41.2 Å².